The van der Waals surface area contributed by atoms with E-state index in [0.717, 1.165) is 25.8 Å². The van der Waals surface area contributed by atoms with Crippen molar-refractivity contribution in [3.63, 3.8) is 0 Å². The fraction of sp³-hybridized carbons (Fsp3) is 0.286. The lowest BCUT2D eigenvalue weighted by atomic mass is 9.94. The van der Waals surface area contributed by atoms with Gasteiger partial charge in [-0.1, -0.05) is 55.5 Å². The number of aryl methyl sites for hydroxylation is 1. The van der Waals surface area contributed by atoms with E-state index in [0.29, 0.717) is 5.84 Å². The molecule has 2 nitrogen and oxygen atoms in total. The Morgan fingerprint density at radius 3 is 2.09 bits per heavy atom. The lowest BCUT2D eigenvalue weighted by molar-refractivity contribution is 0.477. The summed E-state index contributed by atoms with van der Waals surface area (Å²) in [6.07, 6.45) is 2.91. The molecule has 0 bridgehead atoms. The maximum absolute atomic E-state index is 7.91. The van der Waals surface area contributed by atoms with Gasteiger partial charge in [-0.25, -0.2) is 0 Å². The summed E-state index contributed by atoms with van der Waals surface area (Å²) in [6.45, 7) is 2.97. The van der Waals surface area contributed by atoms with E-state index in [9.17, 15) is 0 Å². The highest BCUT2D eigenvalue weighted by Crippen LogP contribution is 2.29. The zero-order valence-corrected chi connectivity index (χ0v) is 14.0. The Hall–Kier alpha value is -2.35. The minimum Gasteiger partial charge on any atom is -0.364 e. The van der Waals surface area contributed by atoms with E-state index in [1.54, 1.807) is 0 Å². The zero-order chi connectivity index (χ0) is 16.2. The van der Waals surface area contributed by atoms with Crippen LogP contribution in [0.15, 0.2) is 54.6 Å². The van der Waals surface area contributed by atoms with E-state index in [1.165, 1.54) is 27.1 Å². The molecule has 2 heteroatoms. The Morgan fingerprint density at radius 1 is 0.957 bits per heavy atom. The second-order valence-electron chi connectivity index (χ2n) is 6.12. The lowest BCUT2D eigenvalue weighted by Gasteiger charge is -2.19. The summed E-state index contributed by atoms with van der Waals surface area (Å²) in [6, 6.07) is 19.6. The van der Waals surface area contributed by atoms with Gasteiger partial charge < -0.3 is 4.90 Å². The second kappa shape index (κ2) is 6.82. The van der Waals surface area contributed by atoms with E-state index >= 15 is 0 Å². The van der Waals surface area contributed by atoms with Gasteiger partial charge in [0.05, 0.1) is 5.84 Å². The smallest absolute Gasteiger partial charge is 0.0952 e. The van der Waals surface area contributed by atoms with Crippen molar-refractivity contribution in [1.82, 2.24) is 4.90 Å². The number of fused-ring (bicyclic) bond motifs is 2. The van der Waals surface area contributed by atoms with E-state index < -0.39 is 0 Å². The summed E-state index contributed by atoms with van der Waals surface area (Å²) >= 11 is 0. The zero-order valence-electron chi connectivity index (χ0n) is 14.0. The molecule has 3 aromatic rings. The van der Waals surface area contributed by atoms with Crippen molar-refractivity contribution in [3.8, 4) is 0 Å². The number of nitrogens with one attached hydrogen (secondary N) is 1. The van der Waals surface area contributed by atoms with Crippen molar-refractivity contribution in [3.05, 3.63) is 60.2 Å². The minimum atomic E-state index is 0.716. The molecule has 3 rings (SSSR count). The van der Waals surface area contributed by atoms with Crippen molar-refractivity contribution >= 4 is 27.4 Å². The molecule has 0 atom stereocenters. The normalized spacial score (nSPS) is 11.0. The third-order valence-electron chi connectivity index (χ3n) is 4.60. The Bertz CT molecular complexity index is 781. The van der Waals surface area contributed by atoms with Crippen LogP contribution in [0.4, 0.5) is 0 Å². The molecule has 0 aromatic heterocycles. The van der Waals surface area contributed by atoms with E-state index in [2.05, 4.69) is 59.5 Å². The number of hydrogen-bond donors (Lipinski definition) is 1. The van der Waals surface area contributed by atoms with Gasteiger partial charge in [-0.05, 0) is 46.0 Å². The van der Waals surface area contributed by atoms with Crippen molar-refractivity contribution < 1.29 is 0 Å². The van der Waals surface area contributed by atoms with Crippen molar-refractivity contribution in [2.45, 2.75) is 26.2 Å². The molecule has 0 amide bonds. The Balaban J connectivity index is 1.92. The van der Waals surface area contributed by atoms with Crippen LogP contribution >= 0.6 is 0 Å². The first-order valence-electron chi connectivity index (χ1n) is 8.38. The van der Waals surface area contributed by atoms with Gasteiger partial charge in [0.15, 0.2) is 0 Å². The van der Waals surface area contributed by atoms with Gasteiger partial charge in [0.1, 0.15) is 0 Å². The molecule has 0 saturated heterocycles. The molecule has 0 radical (unpaired) electrons. The fourth-order valence-corrected chi connectivity index (χ4v) is 3.28. The van der Waals surface area contributed by atoms with E-state index in [1.807, 2.05) is 14.0 Å². The summed E-state index contributed by atoms with van der Waals surface area (Å²) < 4.78 is 0. The summed E-state index contributed by atoms with van der Waals surface area (Å²) in [5.74, 6) is 0.716. The fourth-order valence-electron chi connectivity index (χ4n) is 3.28. The number of amidine groups is 1. The summed E-state index contributed by atoms with van der Waals surface area (Å²) in [5.41, 5.74) is 1.44. The second-order valence-corrected chi connectivity index (χ2v) is 6.12. The average Bonchev–Trinajstić information content (AvgIpc) is 2.60. The van der Waals surface area contributed by atoms with Crippen LogP contribution < -0.4 is 0 Å². The summed E-state index contributed by atoms with van der Waals surface area (Å²) in [4.78, 5) is 2.06. The van der Waals surface area contributed by atoms with Crippen LogP contribution in [0.5, 0.6) is 0 Å². The molecular formula is C21H24N2. The van der Waals surface area contributed by atoms with Crippen molar-refractivity contribution in [2.24, 2.45) is 0 Å². The number of rotatable bonds is 5. The first-order valence-corrected chi connectivity index (χ1v) is 8.38. The molecule has 1 N–H and O–H groups in total. The van der Waals surface area contributed by atoms with Crippen LogP contribution in [0, 0.1) is 5.41 Å². The van der Waals surface area contributed by atoms with Gasteiger partial charge in [-0.2, -0.15) is 0 Å². The largest absolute Gasteiger partial charge is 0.364 e. The quantitative estimate of drug-likeness (QED) is 0.389. The summed E-state index contributed by atoms with van der Waals surface area (Å²) in [7, 11) is 2.02. The summed E-state index contributed by atoms with van der Waals surface area (Å²) in [5, 5.41) is 13.3. The molecule has 3 aromatic carbocycles. The average molecular weight is 304 g/mol. The van der Waals surface area contributed by atoms with Crippen LogP contribution in [0.2, 0.25) is 0 Å². The Labute approximate surface area is 138 Å². The molecule has 0 fully saturated rings. The third kappa shape index (κ3) is 3.21. The highest BCUT2D eigenvalue weighted by molar-refractivity contribution is 6.02. The van der Waals surface area contributed by atoms with Gasteiger partial charge in [0.2, 0.25) is 0 Å². The first kappa shape index (κ1) is 15.5. The third-order valence-corrected chi connectivity index (χ3v) is 4.60. The number of hydrogen-bond acceptors (Lipinski definition) is 1. The van der Waals surface area contributed by atoms with Gasteiger partial charge in [0.25, 0.3) is 0 Å². The Kier molecular flexibility index (Phi) is 4.61. The molecule has 118 valence electrons. The Morgan fingerprint density at radius 2 is 1.52 bits per heavy atom. The topological polar surface area (TPSA) is 27.1 Å². The predicted octanol–water partition coefficient (Wildman–Crippen LogP) is 5.24. The monoisotopic (exact) mass is 304 g/mol. The van der Waals surface area contributed by atoms with E-state index in [4.69, 9.17) is 5.41 Å². The van der Waals surface area contributed by atoms with Crippen LogP contribution in [0.3, 0.4) is 0 Å². The number of benzene rings is 3. The minimum absolute atomic E-state index is 0.716. The van der Waals surface area contributed by atoms with Crippen LogP contribution in [-0.4, -0.2) is 24.3 Å². The molecule has 0 aliphatic heterocycles. The molecule has 0 heterocycles. The lowest BCUT2D eigenvalue weighted by Crippen LogP contribution is -2.26. The van der Waals surface area contributed by atoms with Gasteiger partial charge in [-0.3, -0.25) is 5.41 Å². The van der Waals surface area contributed by atoms with Crippen molar-refractivity contribution in [1.29, 1.82) is 5.41 Å². The molecule has 0 aliphatic carbocycles. The molecule has 0 aliphatic rings. The van der Waals surface area contributed by atoms with Crippen LogP contribution in [0.1, 0.15) is 25.3 Å². The molecule has 0 spiro atoms. The van der Waals surface area contributed by atoms with Crippen LogP contribution in [-0.2, 0) is 6.42 Å². The van der Waals surface area contributed by atoms with Crippen LogP contribution in [0.25, 0.3) is 21.5 Å². The highest BCUT2D eigenvalue weighted by Gasteiger charge is 2.08. The highest BCUT2D eigenvalue weighted by atomic mass is 15.1. The molecular weight excluding hydrogens is 280 g/mol. The maximum atomic E-state index is 7.91. The predicted molar refractivity (Wildman–Crippen MR) is 100 cm³/mol. The van der Waals surface area contributed by atoms with Gasteiger partial charge in [-0.15, -0.1) is 0 Å². The molecule has 0 saturated carbocycles. The molecule has 23 heavy (non-hydrogen) atoms. The van der Waals surface area contributed by atoms with Gasteiger partial charge >= 0.3 is 0 Å². The number of nitrogens with zero attached hydrogens (tertiary/aromatic N) is 1. The standard InChI is InChI=1S/C21H24N2/c1-3-21(22)23(2)14-8-13-20-18-11-6-4-9-16(18)15-17-10-5-7-12-19(17)20/h4-7,9-12,15,22H,3,8,13-14H2,1-2H3. The van der Waals surface area contributed by atoms with Gasteiger partial charge in [0, 0.05) is 20.0 Å². The molecule has 0 unspecified atom stereocenters. The van der Waals surface area contributed by atoms with Crippen molar-refractivity contribution in [2.75, 3.05) is 13.6 Å². The maximum Gasteiger partial charge on any atom is 0.0952 e. The first-order chi connectivity index (χ1) is 11.2. The van der Waals surface area contributed by atoms with E-state index in [-0.39, 0.29) is 0 Å². The SMILES string of the molecule is CCC(=N)N(C)CCCc1c2ccccc2cc2ccccc12.